The molecule has 1 unspecified atom stereocenters. The molecule has 15 heavy (non-hydrogen) atoms. The van der Waals surface area contributed by atoms with E-state index in [1.54, 1.807) is 0 Å². The summed E-state index contributed by atoms with van der Waals surface area (Å²) in [5.74, 6) is 0.770. The number of nitrogens with zero attached hydrogens (tertiary/aromatic N) is 1. The summed E-state index contributed by atoms with van der Waals surface area (Å²) < 4.78 is 0. The van der Waals surface area contributed by atoms with Gasteiger partial charge in [-0.15, -0.1) is 0 Å². The minimum absolute atomic E-state index is 0.770. The second kappa shape index (κ2) is 6.57. The van der Waals surface area contributed by atoms with Crippen LogP contribution in [0.5, 0.6) is 0 Å². The molecule has 0 radical (unpaired) electrons. The summed E-state index contributed by atoms with van der Waals surface area (Å²) in [5.41, 5.74) is 2.63. The third-order valence-electron chi connectivity index (χ3n) is 2.74. The molecule has 1 aromatic rings. The molecule has 2 heteroatoms. The van der Waals surface area contributed by atoms with Crippen LogP contribution in [-0.2, 0) is 6.54 Å². The molecule has 1 N–H and O–H groups in total. The van der Waals surface area contributed by atoms with Gasteiger partial charge in [-0.2, -0.15) is 0 Å². The van der Waals surface area contributed by atoms with Crippen molar-refractivity contribution in [3.8, 4) is 0 Å². The maximum Gasteiger partial charge on any atom is 0.0315 e. The van der Waals surface area contributed by atoms with Gasteiger partial charge in [-0.3, -0.25) is 4.98 Å². The quantitative estimate of drug-likeness (QED) is 0.774. The van der Waals surface area contributed by atoms with Crippen LogP contribution in [0.3, 0.4) is 0 Å². The Balaban J connectivity index is 2.29. The molecule has 1 atom stereocenters. The Labute approximate surface area is 93.1 Å². The monoisotopic (exact) mass is 206 g/mol. The zero-order valence-corrected chi connectivity index (χ0v) is 10.1. The largest absolute Gasteiger partial charge is 0.312 e. The first-order chi connectivity index (χ1) is 7.24. The van der Waals surface area contributed by atoms with E-state index in [1.807, 2.05) is 12.4 Å². The lowest BCUT2D eigenvalue weighted by molar-refractivity contribution is 0.475. The van der Waals surface area contributed by atoms with Crippen molar-refractivity contribution >= 4 is 0 Å². The van der Waals surface area contributed by atoms with Gasteiger partial charge in [0.2, 0.25) is 0 Å². The maximum absolute atomic E-state index is 4.14. The summed E-state index contributed by atoms with van der Waals surface area (Å²) >= 11 is 0. The first-order valence-corrected chi connectivity index (χ1v) is 5.84. The number of pyridine rings is 1. The first-order valence-electron chi connectivity index (χ1n) is 5.84. The lowest BCUT2D eigenvalue weighted by Crippen LogP contribution is -2.21. The van der Waals surface area contributed by atoms with Crippen molar-refractivity contribution in [1.82, 2.24) is 10.3 Å². The van der Waals surface area contributed by atoms with Crippen LogP contribution < -0.4 is 5.32 Å². The SMILES string of the molecule is CCCC(C)CNCc1cnccc1C. The molecule has 0 bridgehead atoms. The average molecular weight is 206 g/mol. The molecular weight excluding hydrogens is 184 g/mol. The van der Waals surface area contributed by atoms with Gasteiger partial charge in [0.05, 0.1) is 0 Å². The first kappa shape index (κ1) is 12.2. The Kier molecular flexibility index (Phi) is 5.33. The van der Waals surface area contributed by atoms with Crippen LogP contribution in [0.1, 0.15) is 37.8 Å². The Bertz CT molecular complexity index is 284. The smallest absolute Gasteiger partial charge is 0.0315 e. The Morgan fingerprint density at radius 2 is 2.27 bits per heavy atom. The van der Waals surface area contributed by atoms with Crippen LogP contribution in [0.4, 0.5) is 0 Å². The topological polar surface area (TPSA) is 24.9 Å². The predicted octanol–water partition coefficient (Wildman–Crippen LogP) is 2.92. The Morgan fingerprint density at radius 1 is 1.47 bits per heavy atom. The van der Waals surface area contributed by atoms with Crippen LogP contribution in [-0.4, -0.2) is 11.5 Å². The van der Waals surface area contributed by atoms with Crippen molar-refractivity contribution in [2.45, 2.75) is 40.2 Å². The zero-order valence-electron chi connectivity index (χ0n) is 10.1. The predicted molar refractivity (Wildman–Crippen MR) is 64.8 cm³/mol. The molecule has 0 amide bonds. The molecule has 0 aliphatic carbocycles. The van der Waals surface area contributed by atoms with Crippen molar-refractivity contribution in [3.63, 3.8) is 0 Å². The van der Waals surface area contributed by atoms with Gasteiger partial charge in [0.1, 0.15) is 0 Å². The summed E-state index contributed by atoms with van der Waals surface area (Å²) in [7, 11) is 0. The van der Waals surface area contributed by atoms with Gasteiger partial charge in [0, 0.05) is 18.9 Å². The number of rotatable bonds is 6. The van der Waals surface area contributed by atoms with Crippen LogP contribution >= 0.6 is 0 Å². The fraction of sp³-hybridized carbons (Fsp3) is 0.615. The maximum atomic E-state index is 4.14. The molecule has 0 fully saturated rings. The van der Waals surface area contributed by atoms with Gasteiger partial charge < -0.3 is 5.32 Å². The minimum atomic E-state index is 0.770. The molecule has 2 nitrogen and oxygen atoms in total. The number of hydrogen-bond acceptors (Lipinski definition) is 2. The summed E-state index contributed by atoms with van der Waals surface area (Å²) in [6, 6.07) is 2.06. The number of aryl methyl sites for hydroxylation is 1. The lowest BCUT2D eigenvalue weighted by atomic mass is 10.1. The van der Waals surface area contributed by atoms with E-state index in [1.165, 1.54) is 24.0 Å². The van der Waals surface area contributed by atoms with E-state index >= 15 is 0 Å². The molecule has 0 saturated carbocycles. The van der Waals surface area contributed by atoms with Crippen LogP contribution in [0.15, 0.2) is 18.5 Å². The van der Waals surface area contributed by atoms with Crippen LogP contribution in [0, 0.1) is 12.8 Å². The van der Waals surface area contributed by atoms with E-state index in [0.717, 1.165) is 19.0 Å². The molecule has 0 aromatic carbocycles. The number of aromatic nitrogens is 1. The van der Waals surface area contributed by atoms with Crippen molar-refractivity contribution in [3.05, 3.63) is 29.6 Å². The van der Waals surface area contributed by atoms with E-state index < -0.39 is 0 Å². The molecule has 1 rings (SSSR count). The van der Waals surface area contributed by atoms with E-state index in [4.69, 9.17) is 0 Å². The fourth-order valence-corrected chi connectivity index (χ4v) is 1.73. The van der Waals surface area contributed by atoms with E-state index in [-0.39, 0.29) is 0 Å². The van der Waals surface area contributed by atoms with Gasteiger partial charge in [0.15, 0.2) is 0 Å². The van der Waals surface area contributed by atoms with Gasteiger partial charge in [-0.25, -0.2) is 0 Å². The highest BCUT2D eigenvalue weighted by atomic mass is 14.9. The van der Waals surface area contributed by atoms with Crippen molar-refractivity contribution in [1.29, 1.82) is 0 Å². The highest BCUT2D eigenvalue weighted by Crippen LogP contribution is 2.06. The highest BCUT2D eigenvalue weighted by molar-refractivity contribution is 5.20. The minimum Gasteiger partial charge on any atom is -0.312 e. The van der Waals surface area contributed by atoms with Gasteiger partial charge in [-0.1, -0.05) is 20.3 Å². The molecule has 0 spiro atoms. The molecule has 1 aromatic heterocycles. The zero-order chi connectivity index (χ0) is 11.1. The standard InChI is InChI=1S/C13H22N2/c1-4-5-11(2)8-15-10-13-9-14-7-6-12(13)3/h6-7,9,11,15H,4-5,8,10H2,1-3H3. The van der Waals surface area contributed by atoms with Crippen molar-refractivity contribution in [2.24, 2.45) is 5.92 Å². The highest BCUT2D eigenvalue weighted by Gasteiger charge is 2.01. The molecule has 0 saturated heterocycles. The second-order valence-electron chi connectivity index (χ2n) is 4.33. The van der Waals surface area contributed by atoms with Crippen molar-refractivity contribution < 1.29 is 0 Å². The molecule has 0 aliphatic heterocycles. The van der Waals surface area contributed by atoms with Crippen molar-refractivity contribution in [2.75, 3.05) is 6.54 Å². The summed E-state index contributed by atoms with van der Waals surface area (Å²) in [6.45, 7) is 8.71. The Morgan fingerprint density at radius 3 is 2.93 bits per heavy atom. The molecule has 1 heterocycles. The van der Waals surface area contributed by atoms with Crippen LogP contribution in [0.2, 0.25) is 0 Å². The normalized spacial score (nSPS) is 12.7. The summed E-state index contributed by atoms with van der Waals surface area (Å²) in [5, 5.41) is 3.49. The Hall–Kier alpha value is -0.890. The second-order valence-corrected chi connectivity index (χ2v) is 4.33. The van der Waals surface area contributed by atoms with Gasteiger partial charge in [-0.05, 0) is 43.0 Å². The lowest BCUT2D eigenvalue weighted by Gasteiger charge is -2.12. The summed E-state index contributed by atoms with van der Waals surface area (Å²) in [6.07, 6.45) is 6.37. The third-order valence-corrected chi connectivity index (χ3v) is 2.74. The number of nitrogens with one attached hydrogen (secondary N) is 1. The number of hydrogen-bond donors (Lipinski definition) is 1. The van der Waals surface area contributed by atoms with E-state index in [0.29, 0.717) is 0 Å². The van der Waals surface area contributed by atoms with Gasteiger partial charge in [0.25, 0.3) is 0 Å². The van der Waals surface area contributed by atoms with Crippen LogP contribution in [0.25, 0.3) is 0 Å². The summed E-state index contributed by atoms with van der Waals surface area (Å²) in [4.78, 5) is 4.14. The average Bonchev–Trinajstić information content (AvgIpc) is 2.21. The van der Waals surface area contributed by atoms with Gasteiger partial charge >= 0.3 is 0 Å². The van der Waals surface area contributed by atoms with E-state index in [2.05, 4.69) is 37.1 Å². The van der Waals surface area contributed by atoms with E-state index in [9.17, 15) is 0 Å². The third kappa shape index (κ3) is 4.43. The molecule has 84 valence electrons. The molecular formula is C13H22N2. The fourth-order valence-electron chi connectivity index (χ4n) is 1.73. The molecule has 0 aliphatic rings.